The summed E-state index contributed by atoms with van der Waals surface area (Å²) in [6.45, 7) is 4.68. The highest BCUT2D eigenvalue weighted by atomic mass is 15.1. The van der Waals surface area contributed by atoms with Crippen LogP contribution < -0.4 is 0 Å². The number of nitrogens with zero attached hydrogens (tertiary/aromatic N) is 4. The summed E-state index contributed by atoms with van der Waals surface area (Å²) < 4.78 is 4.92. The molecule has 0 bridgehead atoms. The lowest BCUT2D eigenvalue weighted by atomic mass is 9.82. The van der Waals surface area contributed by atoms with Gasteiger partial charge in [-0.05, 0) is 74.8 Å². The number of para-hydroxylation sites is 4. The molecule has 3 heterocycles. The lowest BCUT2D eigenvalue weighted by molar-refractivity contribution is 0.660. The normalized spacial score (nSPS) is 13.4. The summed E-state index contributed by atoms with van der Waals surface area (Å²) in [5.74, 6) is 0.819. The predicted molar refractivity (Wildman–Crippen MR) is 246 cm³/mol. The second-order valence-electron chi connectivity index (χ2n) is 16.5. The number of aromatic nitrogens is 4. The van der Waals surface area contributed by atoms with Gasteiger partial charge in [0.2, 0.25) is 0 Å². The van der Waals surface area contributed by atoms with Crippen molar-refractivity contribution in [3.8, 4) is 33.9 Å². The van der Waals surface area contributed by atoms with Gasteiger partial charge in [0.05, 0.1) is 38.8 Å². The van der Waals surface area contributed by atoms with Crippen LogP contribution in [0.25, 0.3) is 110 Å². The minimum atomic E-state index is -0.152. The molecule has 0 fully saturated rings. The number of hydrogen-bond acceptors (Lipinski definition) is 2. The van der Waals surface area contributed by atoms with Crippen molar-refractivity contribution in [3.05, 3.63) is 193 Å². The molecule has 0 spiro atoms. The Bertz CT molecular complexity index is 3770. The van der Waals surface area contributed by atoms with Gasteiger partial charge < -0.3 is 4.57 Å². The van der Waals surface area contributed by atoms with E-state index in [1.54, 1.807) is 0 Å². The van der Waals surface area contributed by atoms with Crippen LogP contribution in [0.4, 0.5) is 0 Å². The zero-order chi connectivity index (χ0) is 39.0. The van der Waals surface area contributed by atoms with Crippen molar-refractivity contribution in [1.82, 2.24) is 19.1 Å². The summed E-state index contributed by atoms with van der Waals surface area (Å²) in [6, 6.07) is 66.2. The third kappa shape index (κ3) is 4.32. The molecule has 0 unspecified atom stereocenters. The van der Waals surface area contributed by atoms with Gasteiger partial charge in [-0.15, -0.1) is 0 Å². The highest BCUT2D eigenvalue weighted by Gasteiger charge is 2.37. The Kier molecular flexibility index (Phi) is 6.48. The molecule has 0 N–H and O–H groups in total. The highest BCUT2D eigenvalue weighted by molar-refractivity contribution is 6.25. The number of rotatable bonds is 3. The molecule has 3 aromatic heterocycles. The van der Waals surface area contributed by atoms with Crippen LogP contribution in [-0.2, 0) is 5.41 Å². The van der Waals surface area contributed by atoms with E-state index in [1.807, 2.05) is 0 Å². The van der Waals surface area contributed by atoms with Crippen molar-refractivity contribution in [2.75, 3.05) is 0 Å². The molecular weight excluding hydrogens is 717 g/mol. The summed E-state index contributed by atoms with van der Waals surface area (Å²) in [7, 11) is 0. The van der Waals surface area contributed by atoms with Gasteiger partial charge in [0, 0.05) is 37.9 Å². The second-order valence-corrected chi connectivity index (χ2v) is 16.5. The van der Waals surface area contributed by atoms with E-state index in [-0.39, 0.29) is 5.41 Å². The second kappa shape index (κ2) is 11.7. The summed E-state index contributed by atoms with van der Waals surface area (Å²) in [5.41, 5.74) is 14.4. The Balaban J connectivity index is 1.22. The fraction of sp³-hybridized carbons (Fsp3) is 0.0545. The van der Waals surface area contributed by atoms with E-state index < -0.39 is 0 Å². The van der Waals surface area contributed by atoms with Crippen LogP contribution in [0.5, 0.6) is 0 Å². The molecule has 12 aromatic rings. The molecule has 13 rings (SSSR count). The van der Waals surface area contributed by atoms with Crippen molar-refractivity contribution in [1.29, 1.82) is 0 Å². The minimum Gasteiger partial charge on any atom is -0.308 e. The molecule has 0 atom stereocenters. The van der Waals surface area contributed by atoms with Crippen LogP contribution in [0.15, 0.2) is 182 Å². The molecule has 1 aliphatic rings. The van der Waals surface area contributed by atoms with E-state index in [4.69, 9.17) is 9.97 Å². The molecule has 0 amide bonds. The zero-order valence-electron chi connectivity index (χ0n) is 32.6. The van der Waals surface area contributed by atoms with Gasteiger partial charge in [-0.1, -0.05) is 159 Å². The Hall–Kier alpha value is -7.56. The van der Waals surface area contributed by atoms with Crippen molar-refractivity contribution in [2.24, 2.45) is 0 Å². The Morgan fingerprint density at radius 3 is 1.81 bits per heavy atom. The fourth-order valence-corrected chi connectivity index (χ4v) is 10.5. The number of hydrogen-bond donors (Lipinski definition) is 0. The molecule has 59 heavy (non-hydrogen) atoms. The number of benzene rings is 9. The molecule has 276 valence electrons. The molecule has 4 nitrogen and oxygen atoms in total. The molecule has 1 aliphatic carbocycles. The third-order valence-corrected chi connectivity index (χ3v) is 13.1. The van der Waals surface area contributed by atoms with Crippen molar-refractivity contribution >= 4 is 76.2 Å². The van der Waals surface area contributed by atoms with E-state index in [0.717, 1.165) is 44.5 Å². The first-order valence-electron chi connectivity index (χ1n) is 20.4. The van der Waals surface area contributed by atoms with Crippen LogP contribution in [0.3, 0.4) is 0 Å². The number of fused-ring (bicyclic) bond motifs is 13. The van der Waals surface area contributed by atoms with Crippen LogP contribution >= 0.6 is 0 Å². The lowest BCUT2D eigenvalue weighted by Gasteiger charge is -2.22. The van der Waals surface area contributed by atoms with E-state index in [9.17, 15) is 0 Å². The standard InChI is InChI=1S/C55H36N4/c1-55(2)41-24-10-7-20-37(41)49-40(23-15-25-42(49)55)52-54(57-44-27-12-11-26-43(44)56-52)59-46-29-14-9-22-39(46)51-48(59)32-34-17-4-6-19-36(34)53(51)58-45-28-13-8-21-38(45)50-35-18-5-3-16-33(35)30-31-47(50)58/h3-32H,1-2H3. The van der Waals surface area contributed by atoms with Crippen LogP contribution in [0, 0.1) is 0 Å². The average Bonchev–Trinajstić information content (AvgIpc) is 3.88. The molecule has 0 aliphatic heterocycles. The largest absolute Gasteiger partial charge is 0.308 e. The molecule has 0 saturated carbocycles. The van der Waals surface area contributed by atoms with Gasteiger partial charge >= 0.3 is 0 Å². The highest BCUT2D eigenvalue weighted by Crippen LogP contribution is 2.53. The summed E-state index contributed by atoms with van der Waals surface area (Å²) >= 11 is 0. The maximum absolute atomic E-state index is 5.61. The van der Waals surface area contributed by atoms with Gasteiger partial charge in [-0.3, -0.25) is 4.57 Å². The maximum atomic E-state index is 5.61. The van der Waals surface area contributed by atoms with Gasteiger partial charge in [0.25, 0.3) is 0 Å². The molecule has 0 radical (unpaired) electrons. The first-order chi connectivity index (χ1) is 29.1. The van der Waals surface area contributed by atoms with Crippen molar-refractivity contribution < 1.29 is 0 Å². The van der Waals surface area contributed by atoms with Crippen LogP contribution in [0.1, 0.15) is 25.0 Å². The first-order valence-corrected chi connectivity index (χ1v) is 20.4. The van der Waals surface area contributed by atoms with E-state index in [0.29, 0.717) is 0 Å². The topological polar surface area (TPSA) is 35.6 Å². The van der Waals surface area contributed by atoms with Gasteiger partial charge in [0.15, 0.2) is 5.82 Å². The maximum Gasteiger partial charge on any atom is 0.165 e. The minimum absolute atomic E-state index is 0.152. The smallest absolute Gasteiger partial charge is 0.165 e. The van der Waals surface area contributed by atoms with Crippen LogP contribution in [-0.4, -0.2) is 19.1 Å². The van der Waals surface area contributed by atoms with E-state index in [1.165, 1.54) is 76.7 Å². The van der Waals surface area contributed by atoms with E-state index in [2.05, 4.69) is 205 Å². The van der Waals surface area contributed by atoms with E-state index >= 15 is 0 Å². The molecule has 4 heteroatoms. The Labute approximate surface area is 340 Å². The monoisotopic (exact) mass is 752 g/mol. The Morgan fingerprint density at radius 1 is 0.407 bits per heavy atom. The first kappa shape index (κ1) is 32.5. The average molecular weight is 753 g/mol. The quantitative estimate of drug-likeness (QED) is 0.180. The zero-order valence-corrected chi connectivity index (χ0v) is 32.6. The van der Waals surface area contributed by atoms with Gasteiger partial charge in [-0.25, -0.2) is 9.97 Å². The predicted octanol–water partition coefficient (Wildman–Crippen LogP) is 14.1. The van der Waals surface area contributed by atoms with Gasteiger partial charge in [-0.2, -0.15) is 0 Å². The summed E-state index contributed by atoms with van der Waals surface area (Å²) in [4.78, 5) is 11.2. The summed E-state index contributed by atoms with van der Waals surface area (Å²) in [6.07, 6.45) is 0. The van der Waals surface area contributed by atoms with Crippen molar-refractivity contribution in [3.63, 3.8) is 0 Å². The van der Waals surface area contributed by atoms with Crippen molar-refractivity contribution in [2.45, 2.75) is 19.3 Å². The molecule has 0 saturated heterocycles. The SMILES string of the molecule is CC1(C)c2ccccc2-c2c(-c3nc4ccccc4nc3-n3c4ccccc4c4c(-n5c6ccccc6c6c7ccccc7ccc65)c5ccccc5cc43)cccc21. The lowest BCUT2D eigenvalue weighted by Crippen LogP contribution is -2.14. The Morgan fingerprint density at radius 2 is 1.00 bits per heavy atom. The molecular formula is C55H36N4. The third-order valence-electron chi connectivity index (χ3n) is 13.1. The van der Waals surface area contributed by atoms with Gasteiger partial charge in [0.1, 0.15) is 5.69 Å². The molecule has 9 aromatic carbocycles. The van der Waals surface area contributed by atoms with Crippen LogP contribution in [0.2, 0.25) is 0 Å². The fourth-order valence-electron chi connectivity index (χ4n) is 10.5. The summed E-state index contributed by atoms with van der Waals surface area (Å²) in [5, 5.41) is 9.72.